The molecule has 0 aromatic heterocycles. The van der Waals surface area contributed by atoms with Crippen molar-refractivity contribution in [3.05, 3.63) is 94.5 Å². The molecule has 0 unspecified atom stereocenters. The Morgan fingerprint density at radius 3 is 2.06 bits per heavy atom. The maximum Gasteiger partial charge on any atom is 0.338 e. The highest BCUT2D eigenvalue weighted by atomic mass is 16.5. The maximum atomic E-state index is 12.9. The topological polar surface area (TPSA) is 67.4 Å². The highest BCUT2D eigenvalue weighted by molar-refractivity contribution is 5.95. The van der Waals surface area contributed by atoms with Gasteiger partial charge >= 0.3 is 5.97 Å². The van der Waals surface area contributed by atoms with E-state index in [1.807, 2.05) is 36.4 Å². The second kappa shape index (κ2) is 12.2. The number of rotatable bonds is 10. The number of hydrogen-bond donors (Lipinski definition) is 2. The number of esters is 1. The van der Waals surface area contributed by atoms with Crippen molar-refractivity contribution in [2.45, 2.75) is 52.9 Å². The molecule has 0 aliphatic heterocycles. The number of para-hydroxylation sites is 2. The summed E-state index contributed by atoms with van der Waals surface area (Å²) in [7, 11) is 0. The second-order valence-corrected chi connectivity index (χ2v) is 9.27. The lowest BCUT2D eigenvalue weighted by atomic mass is 9.92. The average Bonchev–Trinajstić information content (AvgIpc) is 2.84. The van der Waals surface area contributed by atoms with E-state index in [0.717, 1.165) is 33.6 Å². The number of amides is 1. The first-order valence-electron chi connectivity index (χ1n) is 12.3. The van der Waals surface area contributed by atoms with Crippen LogP contribution in [0, 0.1) is 0 Å². The van der Waals surface area contributed by atoms with Crippen molar-refractivity contribution in [3.8, 4) is 0 Å². The molecular formula is C30H36N2O3. The molecule has 184 valence electrons. The van der Waals surface area contributed by atoms with Crippen LogP contribution in [0.15, 0.2) is 66.7 Å². The molecule has 1 amide bonds. The number of anilines is 2. The van der Waals surface area contributed by atoms with Crippen LogP contribution < -0.4 is 10.6 Å². The first-order valence-corrected chi connectivity index (χ1v) is 12.3. The Kier molecular flexibility index (Phi) is 9.07. The zero-order chi connectivity index (χ0) is 25.4. The number of benzene rings is 3. The molecule has 5 heteroatoms. The third-order valence-corrected chi connectivity index (χ3v) is 5.95. The van der Waals surface area contributed by atoms with E-state index in [1.165, 1.54) is 0 Å². The SMILES string of the molecule is CCOC(=O)c1ccc(Cc2ccccc2NCC(=O)Nc2c(C(C)C)cccc2C(C)C)cc1. The minimum absolute atomic E-state index is 0.0754. The number of carbonyl (C=O) groups excluding carboxylic acids is 2. The summed E-state index contributed by atoms with van der Waals surface area (Å²) in [6.45, 7) is 10.9. The van der Waals surface area contributed by atoms with Crippen LogP contribution >= 0.6 is 0 Å². The van der Waals surface area contributed by atoms with Gasteiger partial charge < -0.3 is 15.4 Å². The van der Waals surface area contributed by atoms with Crippen molar-refractivity contribution in [1.82, 2.24) is 0 Å². The van der Waals surface area contributed by atoms with Crippen LogP contribution in [-0.4, -0.2) is 25.0 Å². The smallest absolute Gasteiger partial charge is 0.338 e. The van der Waals surface area contributed by atoms with E-state index < -0.39 is 0 Å². The van der Waals surface area contributed by atoms with Crippen molar-refractivity contribution < 1.29 is 14.3 Å². The Labute approximate surface area is 208 Å². The molecule has 0 fully saturated rings. The Balaban J connectivity index is 1.69. The molecule has 0 radical (unpaired) electrons. The lowest BCUT2D eigenvalue weighted by molar-refractivity contribution is -0.114. The third kappa shape index (κ3) is 6.95. The standard InChI is InChI=1S/C30H36N2O3/c1-6-35-30(34)23-16-14-22(15-17-23)18-24-10-7-8-13-27(24)31-19-28(33)32-29-25(20(2)3)11-9-12-26(29)21(4)5/h7-17,20-21,31H,6,18-19H2,1-5H3,(H,32,33). The van der Waals surface area contributed by atoms with E-state index in [2.05, 4.69) is 56.5 Å². The molecule has 35 heavy (non-hydrogen) atoms. The van der Waals surface area contributed by atoms with Crippen molar-refractivity contribution in [1.29, 1.82) is 0 Å². The highest BCUT2D eigenvalue weighted by Gasteiger charge is 2.16. The molecule has 0 bridgehead atoms. The second-order valence-electron chi connectivity index (χ2n) is 9.27. The molecule has 0 aliphatic rings. The number of nitrogens with one attached hydrogen (secondary N) is 2. The van der Waals surface area contributed by atoms with Crippen LogP contribution in [0.3, 0.4) is 0 Å². The summed E-state index contributed by atoms with van der Waals surface area (Å²) in [5, 5.41) is 6.47. The summed E-state index contributed by atoms with van der Waals surface area (Å²) >= 11 is 0. The Bertz CT molecular complexity index is 1120. The molecule has 3 aromatic rings. The fourth-order valence-corrected chi connectivity index (χ4v) is 4.09. The summed E-state index contributed by atoms with van der Waals surface area (Å²) in [6, 6.07) is 21.7. The summed E-state index contributed by atoms with van der Waals surface area (Å²) < 4.78 is 5.06. The Hall–Kier alpha value is -3.60. The third-order valence-electron chi connectivity index (χ3n) is 5.95. The highest BCUT2D eigenvalue weighted by Crippen LogP contribution is 2.32. The minimum atomic E-state index is -0.313. The minimum Gasteiger partial charge on any atom is -0.462 e. The fraction of sp³-hybridized carbons (Fsp3) is 0.333. The molecule has 0 spiro atoms. The van der Waals surface area contributed by atoms with Crippen LogP contribution in [0.5, 0.6) is 0 Å². The molecule has 0 heterocycles. The van der Waals surface area contributed by atoms with Crippen molar-refractivity contribution in [2.24, 2.45) is 0 Å². The zero-order valence-electron chi connectivity index (χ0n) is 21.4. The van der Waals surface area contributed by atoms with Crippen molar-refractivity contribution in [3.63, 3.8) is 0 Å². The van der Waals surface area contributed by atoms with Gasteiger partial charge in [0.15, 0.2) is 0 Å². The van der Waals surface area contributed by atoms with E-state index >= 15 is 0 Å². The first-order chi connectivity index (χ1) is 16.8. The van der Waals surface area contributed by atoms with Gasteiger partial charge in [0.1, 0.15) is 0 Å². The summed E-state index contributed by atoms with van der Waals surface area (Å²) in [5.41, 5.74) is 6.84. The van der Waals surface area contributed by atoms with Gasteiger partial charge in [-0.3, -0.25) is 4.79 Å². The quantitative estimate of drug-likeness (QED) is 0.320. The van der Waals surface area contributed by atoms with Gasteiger partial charge in [0, 0.05) is 11.4 Å². The Morgan fingerprint density at radius 1 is 0.829 bits per heavy atom. The van der Waals surface area contributed by atoms with Gasteiger partial charge in [-0.1, -0.05) is 76.2 Å². The molecule has 3 aromatic carbocycles. The number of carbonyl (C=O) groups is 2. The van der Waals surface area contributed by atoms with Crippen LogP contribution in [0.4, 0.5) is 11.4 Å². The lowest BCUT2D eigenvalue weighted by Gasteiger charge is -2.20. The zero-order valence-corrected chi connectivity index (χ0v) is 21.4. The van der Waals surface area contributed by atoms with Crippen LogP contribution in [0.2, 0.25) is 0 Å². The van der Waals surface area contributed by atoms with E-state index in [1.54, 1.807) is 19.1 Å². The lowest BCUT2D eigenvalue weighted by Crippen LogP contribution is -2.24. The predicted molar refractivity (Wildman–Crippen MR) is 143 cm³/mol. The monoisotopic (exact) mass is 472 g/mol. The van der Waals surface area contributed by atoms with Crippen LogP contribution in [-0.2, 0) is 16.0 Å². The summed E-state index contributed by atoms with van der Waals surface area (Å²) in [4.78, 5) is 24.8. The first kappa shape index (κ1) is 26.0. The van der Waals surface area contributed by atoms with Gasteiger partial charge in [0.2, 0.25) is 5.91 Å². The Morgan fingerprint density at radius 2 is 1.46 bits per heavy atom. The summed E-state index contributed by atoms with van der Waals surface area (Å²) in [5.74, 6) is 0.237. The van der Waals surface area contributed by atoms with Gasteiger partial charge in [-0.25, -0.2) is 4.79 Å². The molecule has 0 saturated carbocycles. The van der Waals surface area contributed by atoms with Gasteiger partial charge in [0.25, 0.3) is 0 Å². The van der Waals surface area contributed by atoms with Gasteiger partial charge in [0.05, 0.1) is 18.7 Å². The molecule has 2 N–H and O–H groups in total. The maximum absolute atomic E-state index is 12.9. The summed E-state index contributed by atoms with van der Waals surface area (Å²) in [6.07, 6.45) is 0.682. The predicted octanol–water partition coefficient (Wildman–Crippen LogP) is 6.75. The van der Waals surface area contributed by atoms with Gasteiger partial charge in [-0.2, -0.15) is 0 Å². The van der Waals surface area contributed by atoms with E-state index in [-0.39, 0.29) is 18.4 Å². The van der Waals surface area contributed by atoms with E-state index in [0.29, 0.717) is 30.4 Å². The molecular weight excluding hydrogens is 436 g/mol. The average molecular weight is 473 g/mol. The van der Waals surface area contributed by atoms with Crippen molar-refractivity contribution in [2.75, 3.05) is 23.8 Å². The van der Waals surface area contributed by atoms with E-state index in [9.17, 15) is 9.59 Å². The normalized spacial score (nSPS) is 10.9. The van der Waals surface area contributed by atoms with Gasteiger partial charge in [-0.15, -0.1) is 0 Å². The number of ether oxygens (including phenoxy) is 1. The van der Waals surface area contributed by atoms with Crippen molar-refractivity contribution >= 4 is 23.3 Å². The van der Waals surface area contributed by atoms with Crippen LogP contribution in [0.1, 0.15) is 79.1 Å². The molecule has 0 atom stereocenters. The van der Waals surface area contributed by atoms with Gasteiger partial charge in [-0.05, 0) is 65.6 Å². The molecule has 0 aliphatic carbocycles. The molecule has 0 saturated heterocycles. The molecule has 3 rings (SSSR count). The van der Waals surface area contributed by atoms with Crippen LogP contribution in [0.25, 0.3) is 0 Å². The fourth-order valence-electron chi connectivity index (χ4n) is 4.09. The number of hydrogen-bond acceptors (Lipinski definition) is 4. The largest absolute Gasteiger partial charge is 0.462 e. The van der Waals surface area contributed by atoms with E-state index in [4.69, 9.17) is 4.74 Å². The molecule has 5 nitrogen and oxygen atoms in total.